The first-order valence-electron chi connectivity index (χ1n) is 8.96. The van der Waals surface area contributed by atoms with Crippen LogP contribution in [0.4, 0.5) is 0 Å². The number of Topliss-reactive ketones (excluding diaryl/α,β-unsaturated/α-hetero) is 1. The predicted octanol–water partition coefficient (Wildman–Crippen LogP) is 3.22. The highest BCUT2D eigenvalue weighted by molar-refractivity contribution is 5.98. The molecule has 0 saturated heterocycles. The summed E-state index contributed by atoms with van der Waals surface area (Å²) in [7, 11) is 0. The van der Waals surface area contributed by atoms with E-state index in [0.717, 1.165) is 12.8 Å². The number of esters is 1. The van der Waals surface area contributed by atoms with Gasteiger partial charge in [0.1, 0.15) is 5.75 Å². The molecule has 3 rings (SSSR count). The number of fused-ring (bicyclic) bond motifs is 1. The Hall–Kier alpha value is -3.02. The molecule has 142 valence electrons. The van der Waals surface area contributed by atoms with Gasteiger partial charge >= 0.3 is 5.97 Å². The summed E-state index contributed by atoms with van der Waals surface area (Å²) in [4.78, 5) is 24.1. The van der Waals surface area contributed by atoms with Gasteiger partial charge < -0.3 is 18.9 Å². The Morgan fingerprint density at radius 2 is 1.70 bits per heavy atom. The molecule has 0 spiro atoms. The molecular formula is C21H22O6. The average Bonchev–Trinajstić information content (AvgIpc) is 2.95. The van der Waals surface area contributed by atoms with Gasteiger partial charge in [-0.15, -0.1) is 0 Å². The Balaban J connectivity index is 1.48. The number of benzene rings is 2. The standard InChI is InChI=1S/C21H22O6/c1-2-15-4-7-17(8-5-15)26-14-21(23)27-13-18(22)16-6-9-19-20(12-16)25-11-3-10-24-19/h4-9,12H,2-3,10-11,13-14H2,1H3. The van der Waals surface area contributed by atoms with E-state index < -0.39 is 5.97 Å². The number of ether oxygens (including phenoxy) is 4. The summed E-state index contributed by atoms with van der Waals surface area (Å²) in [5.74, 6) is 0.814. The van der Waals surface area contributed by atoms with Gasteiger partial charge in [-0.1, -0.05) is 19.1 Å². The number of carbonyl (C=O) groups excluding carboxylic acids is 2. The molecule has 0 amide bonds. The zero-order valence-electron chi connectivity index (χ0n) is 15.2. The van der Waals surface area contributed by atoms with Crippen molar-refractivity contribution in [2.75, 3.05) is 26.4 Å². The maximum absolute atomic E-state index is 12.3. The fourth-order valence-electron chi connectivity index (χ4n) is 2.57. The Kier molecular flexibility index (Phi) is 6.30. The predicted molar refractivity (Wildman–Crippen MR) is 98.7 cm³/mol. The number of ketones is 1. The number of hydrogen-bond donors (Lipinski definition) is 0. The van der Waals surface area contributed by atoms with Crippen molar-refractivity contribution in [2.24, 2.45) is 0 Å². The minimum Gasteiger partial charge on any atom is -0.490 e. The number of rotatable bonds is 7. The molecule has 1 heterocycles. The molecule has 0 fully saturated rings. The first-order chi connectivity index (χ1) is 13.2. The minimum atomic E-state index is -0.600. The minimum absolute atomic E-state index is 0.250. The van der Waals surface area contributed by atoms with Crippen molar-refractivity contribution >= 4 is 11.8 Å². The molecule has 0 N–H and O–H groups in total. The largest absolute Gasteiger partial charge is 0.490 e. The first kappa shape index (κ1) is 18.8. The molecule has 2 aromatic carbocycles. The second-order valence-corrected chi connectivity index (χ2v) is 6.08. The SMILES string of the molecule is CCc1ccc(OCC(=O)OCC(=O)c2ccc3c(c2)OCCCO3)cc1. The Labute approximate surface area is 158 Å². The maximum atomic E-state index is 12.3. The molecule has 27 heavy (non-hydrogen) atoms. The van der Waals surface area contributed by atoms with Gasteiger partial charge in [0.25, 0.3) is 0 Å². The fourth-order valence-corrected chi connectivity index (χ4v) is 2.57. The third-order valence-corrected chi connectivity index (χ3v) is 4.12. The highest BCUT2D eigenvalue weighted by Gasteiger charge is 2.15. The number of aryl methyl sites for hydroxylation is 1. The van der Waals surface area contributed by atoms with Gasteiger partial charge in [-0.2, -0.15) is 0 Å². The van der Waals surface area contributed by atoms with E-state index in [0.29, 0.717) is 36.0 Å². The molecule has 0 bridgehead atoms. The summed E-state index contributed by atoms with van der Waals surface area (Å²) in [6, 6.07) is 12.4. The van der Waals surface area contributed by atoms with E-state index in [1.807, 2.05) is 12.1 Å². The Bertz CT molecular complexity index is 797. The van der Waals surface area contributed by atoms with Gasteiger partial charge in [0.05, 0.1) is 13.2 Å². The third kappa shape index (κ3) is 5.23. The van der Waals surface area contributed by atoms with Crippen LogP contribution in [0.3, 0.4) is 0 Å². The molecule has 1 aliphatic heterocycles. The Morgan fingerprint density at radius 1 is 0.963 bits per heavy atom. The summed E-state index contributed by atoms with van der Waals surface area (Å²) >= 11 is 0. The van der Waals surface area contributed by atoms with Crippen LogP contribution < -0.4 is 14.2 Å². The first-order valence-corrected chi connectivity index (χ1v) is 8.96. The fraction of sp³-hybridized carbons (Fsp3) is 0.333. The molecule has 0 aromatic heterocycles. The summed E-state index contributed by atoms with van der Waals surface area (Å²) in [6.45, 7) is 2.58. The summed E-state index contributed by atoms with van der Waals surface area (Å²) < 4.78 is 21.5. The lowest BCUT2D eigenvalue weighted by Gasteiger charge is -2.10. The average molecular weight is 370 g/mol. The van der Waals surface area contributed by atoms with Crippen molar-refractivity contribution in [1.29, 1.82) is 0 Å². The monoisotopic (exact) mass is 370 g/mol. The van der Waals surface area contributed by atoms with Crippen molar-refractivity contribution in [2.45, 2.75) is 19.8 Å². The van der Waals surface area contributed by atoms with Crippen LogP contribution in [-0.2, 0) is 16.0 Å². The smallest absolute Gasteiger partial charge is 0.344 e. The zero-order valence-corrected chi connectivity index (χ0v) is 15.2. The number of hydrogen-bond acceptors (Lipinski definition) is 6. The summed E-state index contributed by atoms with van der Waals surface area (Å²) in [5.41, 5.74) is 1.59. The van der Waals surface area contributed by atoms with E-state index in [2.05, 4.69) is 6.92 Å². The van der Waals surface area contributed by atoms with Gasteiger partial charge in [-0.25, -0.2) is 4.79 Å². The quantitative estimate of drug-likeness (QED) is 0.551. The molecule has 6 heteroatoms. The van der Waals surface area contributed by atoms with E-state index in [1.54, 1.807) is 30.3 Å². The van der Waals surface area contributed by atoms with Gasteiger partial charge in [0.15, 0.2) is 30.5 Å². The topological polar surface area (TPSA) is 71.1 Å². The van der Waals surface area contributed by atoms with E-state index in [4.69, 9.17) is 18.9 Å². The van der Waals surface area contributed by atoms with Crippen LogP contribution in [0.5, 0.6) is 17.2 Å². The van der Waals surface area contributed by atoms with E-state index in [9.17, 15) is 9.59 Å². The molecule has 0 radical (unpaired) electrons. The van der Waals surface area contributed by atoms with Crippen LogP contribution >= 0.6 is 0 Å². The second kappa shape index (κ2) is 9.07. The van der Waals surface area contributed by atoms with Gasteiger partial charge in [-0.05, 0) is 42.3 Å². The van der Waals surface area contributed by atoms with Crippen LogP contribution in [0.2, 0.25) is 0 Å². The molecule has 0 aliphatic carbocycles. The third-order valence-electron chi connectivity index (χ3n) is 4.12. The van der Waals surface area contributed by atoms with E-state index in [1.165, 1.54) is 5.56 Å². The normalized spacial score (nSPS) is 12.8. The molecule has 1 aliphatic rings. The summed E-state index contributed by atoms with van der Waals surface area (Å²) in [6.07, 6.45) is 1.72. The van der Waals surface area contributed by atoms with Crippen LogP contribution in [0.1, 0.15) is 29.3 Å². The molecule has 6 nitrogen and oxygen atoms in total. The number of carbonyl (C=O) groups is 2. The second-order valence-electron chi connectivity index (χ2n) is 6.08. The van der Waals surface area contributed by atoms with Crippen LogP contribution in [0, 0.1) is 0 Å². The van der Waals surface area contributed by atoms with Gasteiger partial charge in [0, 0.05) is 12.0 Å². The van der Waals surface area contributed by atoms with Crippen molar-refractivity contribution in [3.63, 3.8) is 0 Å². The van der Waals surface area contributed by atoms with E-state index >= 15 is 0 Å². The highest BCUT2D eigenvalue weighted by Crippen LogP contribution is 2.30. The maximum Gasteiger partial charge on any atom is 0.344 e. The lowest BCUT2D eigenvalue weighted by molar-refractivity contribution is -0.144. The van der Waals surface area contributed by atoms with Crippen LogP contribution in [0.25, 0.3) is 0 Å². The van der Waals surface area contributed by atoms with Gasteiger partial charge in [0.2, 0.25) is 0 Å². The highest BCUT2D eigenvalue weighted by atomic mass is 16.6. The molecular weight excluding hydrogens is 348 g/mol. The van der Waals surface area contributed by atoms with Gasteiger partial charge in [-0.3, -0.25) is 4.79 Å². The van der Waals surface area contributed by atoms with Crippen molar-refractivity contribution in [3.05, 3.63) is 53.6 Å². The molecule has 0 unspecified atom stereocenters. The molecule has 0 saturated carbocycles. The van der Waals surface area contributed by atoms with Crippen LogP contribution in [0.15, 0.2) is 42.5 Å². The van der Waals surface area contributed by atoms with Crippen molar-refractivity contribution < 1.29 is 28.5 Å². The lowest BCUT2D eigenvalue weighted by Crippen LogP contribution is -2.19. The van der Waals surface area contributed by atoms with E-state index in [-0.39, 0.29) is 19.0 Å². The molecule has 2 aromatic rings. The van der Waals surface area contributed by atoms with Crippen molar-refractivity contribution in [3.8, 4) is 17.2 Å². The van der Waals surface area contributed by atoms with Crippen molar-refractivity contribution in [1.82, 2.24) is 0 Å². The zero-order chi connectivity index (χ0) is 19.1. The molecule has 0 atom stereocenters. The van der Waals surface area contributed by atoms with Crippen LogP contribution in [-0.4, -0.2) is 38.2 Å². The summed E-state index contributed by atoms with van der Waals surface area (Å²) in [5, 5.41) is 0. The Morgan fingerprint density at radius 3 is 2.44 bits per heavy atom. The lowest BCUT2D eigenvalue weighted by atomic mass is 10.1.